The molecule has 0 bridgehead atoms. The van der Waals surface area contributed by atoms with Gasteiger partial charge in [-0.1, -0.05) is 31.9 Å². The number of hydrogen-bond donors (Lipinski definition) is 0. The minimum atomic E-state index is -2.78. The van der Waals surface area contributed by atoms with Crippen LogP contribution in [0, 0.1) is 10.1 Å². The van der Waals surface area contributed by atoms with Gasteiger partial charge in [-0.3, -0.25) is 10.1 Å². The Bertz CT molecular complexity index is 429. The summed E-state index contributed by atoms with van der Waals surface area (Å²) in [6.45, 7) is 0.210. The quantitative estimate of drug-likeness (QED) is 0.443. The Morgan fingerprint density at radius 2 is 2.12 bits per heavy atom. The third-order valence-corrected chi connectivity index (χ3v) is 2.86. The predicted molar refractivity (Wildman–Crippen MR) is 65.0 cm³/mol. The van der Waals surface area contributed by atoms with Crippen molar-refractivity contribution in [3.63, 3.8) is 0 Å². The number of nitrogens with zero attached hydrogens (tertiary/aromatic N) is 1. The zero-order valence-corrected chi connectivity index (χ0v) is 11.5. The van der Waals surface area contributed by atoms with E-state index in [4.69, 9.17) is 4.74 Å². The van der Waals surface area contributed by atoms with Crippen LogP contribution in [-0.4, -0.2) is 16.9 Å². The van der Waals surface area contributed by atoms with E-state index in [9.17, 15) is 18.9 Å². The molecule has 0 saturated heterocycles. The number of nitro groups is 1. The van der Waals surface area contributed by atoms with Crippen molar-refractivity contribution < 1.29 is 18.4 Å². The van der Waals surface area contributed by atoms with Crippen LogP contribution in [0.1, 0.15) is 12.0 Å². The molecule has 0 amide bonds. The molecule has 1 rings (SSSR count). The van der Waals surface area contributed by atoms with Crippen molar-refractivity contribution >= 4 is 37.5 Å². The van der Waals surface area contributed by atoms with Gasteiger partial charge in [0.1, 0.15) is 0 Å². The number of rotatable bonds is 5. The van der Waals surface area contributed by atoms with Gasteiger partial charge < -0.3 is 4.74 Å². The minimum Gasteiger partial charge on any atom is -0.486 e. The molecule has 0 aliphatic rings. The van der Waals surface area contributed by atoms with Crippen LogP contribution in [-0.2, 0) is 0 Å². The molecule has 0 aromatic heterocycles. The Hall–Kier alpha value is -0.760. The highest BCUT2D eigenvalue weighted by Crippen LogP contribution is 2.37. The minimum absolute atomic E-state index is 0.0364. The molecule has 0 fully saturated rings. The van der Waals surface area contributed by atoms with E-state index in [-0.39, 0.29) is 16.8 Å². The molecule has 8 heteroatoms. The summed E-state index contributed by atoms with van der Waals surface area (Å²) in [5.74, 6) is -0.0364. The van der Waals surface area contributed by atoms with Crippen LogP contribution < -0.4 is 4.74 Å². The molecular weight excluding hydrogens is 368 g/mol. The van der Waals surface area contributed by atoms with Crippen molar-refractivity contribution in [2.24, 2.45) is 0 Å². The van der Waals surface area contributed by atoms with Gasteiger partial charge >= 0.3 is 5.69 Å². The Labute approximate surface area is 112 Å². The molecule has 0 radical (unpaired) electrons. The van der Waals surface area contributed by atoms with E-state index in [1.807, 2.05) is 0 Å². The van der Waals surface area contributed by atoms with Gasteiger partial charge in [-0.2, -0.15) is 0 Å². The standard InChI is InChI=1S/C9H7Br2F2NO3/c10-1-2-17-8-4-6(11)5(9(12)13)3-7(8)14(15)16/h3-4,9H,1-2H2. The van der Waals surface area contributed by atoms with Gasteiger partial charge in [0.15, 0.2) is 5.75 Å². The third-order valence-electron chi connectivity index (χ3n) is 1.84. The lowest BCUT2D eigenvalue weighted by Gasteiger charge is -2.08. The zero-order valence-electron chi connectivity index (χ0n) is 8.33. The highest BCUT2D eigenvalue weighted by molar-refractivity contribution is 9.10. The number of ether oxygens (including phenoxy) is 1. The average Bonchev–Trinajstić information content (AvgIpc) is 2.25. The largest absolute Gasteiger partial charge is 0.486 e. The lowest BCUT2D eigenvalue weighted by atomic mass is 10.2. The monoisotopic (exact) mass is 373 g/mol. The SMILES string of the molecule is O=[N+]([O-])c1cc(C(F)F)c(Br)cc1OCCBr. The van der Waals surface area contributed by atoms with Crippen LogP contribution in [0.25, 0.3) is 0 Å². The van der Waals surface area contributed by atoms with Crippen LogP contribution in [0.3, 0.4) is 0 Å². The average molecular weight is 375 g/mol. The van der Waals surface area contributed by atoms with E-state index in [2.05, 4.69) is 31.9 Å². The molecule has 0 spiro atoms. The second-order valence-electron chi connectivity index (χ2n) is 2.94. The fraction of sp³-hybridized carbons (Fsp3) is 0.333. The number of hydrogen-bond acceptors (Lipinski definition) is 3. The molecule has 94 valence electrons. The number of nitro benzene ring substituents is 1. The molecule has 1 aromatic carbocycles. The smallest absolute Gasteiger partial charge is 0.311 e. The molecule has 17 heavy (non-hydrogen) atoms. The van der Waals surface area contributed by atoms with E-state index in [1.54, 1.807) is 0 Å². The first-order chi connectivity index (χ1) is 7.97. The first-order valence-corrected chi connectivity index (χ1v) is 6.33. The Morgan fingerprint density at radius 3 is 2.59 bits per heavy atom. The van der Waals surface area contributed by atoms with Crippen LogP contribution in [0.5, 0.6) is 5.75 Å². The first-order valence-electron chi connectivity index (χ1n) is 4.42. The molecule has 0 unspecified atom stereocenters. The van der Waals surface area contributed by atoms with Crippen molar-refractivity contribution in [2.75, 3.05) is 11.9 Å². The van der Waals surface area contributed by atoms with Crippen molar-refractivity contribution in [3.8, 4) is 5.75 Å². The molecule has 1 aromatic rings. The molecule has 0 saturated carbocycles. The van der Waals surface area contributed by atoms with E-state index in [0.717, 1.165) is 6.07 Å². The maximum atomic E-state index is 12.6. The highest BCUT2D eigenvalue weighted by atomic mass is 79.9. The molecule has 0 N–H and O–H groups in total. The lowest BCUT2D eigenvalue weighted by Crippen LogP contribution is -2.02. The normalized spacial score (nSPS) is 10.6. The summed E-state index contributed by atoms with van der Waals surface area (Å²) in [6.07, 6.45) is -2.78. The summed E-state index contributed by atoms with van der Waals surface area (Å²) in [5, 5.41) is 11.2. The molecule has 4 nitrogen and oxygen atoms in total. The molecule has 0 aliphatic heterocycles. The van der Waals surface area contributed by atoms with Crippen LogP contribution in [0.2, 0.25) is 0 Å². The number of benzene rings is 1. The first kappa shape index (κ1) is 14.3. The summed E-state index contributed by atoms with van der Waals surface area (Å²) in [7, 11) is 0. The van der Waals surface area contributed by atoms with Gasteiger partial charge in [-0.05, 0) is 0 Å². The van der Waals surface area contributed by atoms with Crippen molar-refractivity contribution in [3.05, 3.63) is 32.3 Å². The van der Waals surface area contributed by atoms with Crippen LogP contribution >= 0.6 is 31.9 Å². The second-order valence-corrected chi connectivity index (χ2v) is 4.58. The zero-order chi connectivity index (χ0) is 13.0. The Kier molecular flexibility index (Phi) is 5.26. The summed E-state index contributed by atoms with van der Waals surface area (Å²) >= 11 is 6.03. The maximum absolute atomic E-state index is 12.6. The number of halogens is 4. The van der Waals surface area contributed by atoms with Gasteiger partial charge in [0.05, 0.1) is 11.5 Å². The highest BCUT2D eigenvalue weighted by Gasteiger charge is 2.22. The topological polar surface area (TPSA) is 52.4 Å². The molecule has 0 heterocycles. The van der Waals surface area contributed by atoms with Gasteiger partial charge in [-0.15, -0.1) is 0 Å². The van der Waals surface area contributed by atoms with E-state index < -0.39 is 22.6 Å². The summed E-state index contributed by atoms with van der Waals surface area (Å²) in [4.78, 5) is 9.98. The van der Waals surface area contributed by atoms with Crippen molar-refractivity contribution in [1.29, 1.82) is 0 Å². The van der Waals surface area contributed by atoms with E-state index >= 15 is 0 Å². The van der Waals surface area contributed by atoms with Crippen molar-refractivity contribution in [1.82, 2.24) is 0 Å². The van der Waals surface area contributed by atoms with E-state index in [1.165, 1.54) is 6.07 Å². The lowest BCUT2D eigenvalue weighted by molar-refractivity contribution is -0.386. The fourth-order valence-corrected chi connectivity index (χ4v) is 1.79. The van der Waals surface area contributed by atoms with E-state index in [0.29, 0.717) is 5.33 Å². The molecular formula is C9H7Br2F2NO3. The molecule has 0 aliphatic carbocycles. The summed E-state index contributed by atoms with van der Waals surface area (Å²) in [5.41, 5.74) is -0.896. The number of alkyl halides is 3. The summed E-state index contributed by atoms with van der Waals surface area (Å²) < 4.78 is 30.3. The van der Waals surface area contributed by atoms with Crippen LogP contribution in [0.15, 0.2) is 16.6 Å². The fourth-order valence-electron chi connectivity index (χ4n) is 1.13. The third kappa shape index (κ3) is 3.60. The second kappa shape index (κ2) is 6.25. The maximum Gasteiger partial charge on any atom is 0.311 e. The van der Waals surface area contributed by atoms with Crippen LogP contribution in [0.4, 0.5) is 14.5 Å². The van der Waals surface area contributed by atoms with Crippen molar-refractivity contribution in [2.45, 2.75) is 6.43 Å². The predicted octanol–water partition coefficient (Wildman–Crippen LogP) is 4.07. The van der Waals surface area contributed by atoms with Gasteiger partial charge in [0.2, 0.25) is 0 Å². The Balaban J connectivity index is 3.21. The Morgan fingerprint density at radius 1 is 1.47 bits per heavy atom. The molecule has 0 atom stereocenters. The van der Waals surface area contributed by atoms with Gasteiger partial charge in [-0.25, -0.2) is 8.78 Å². The van der Waals surface area contributed by atoms with Gasteiger partial charge in [0.25, 0.3) is 6.43 Å². The summed E-state index contributed by atoms with van der Waals surface area (Å²) in [6, 6.07) is 2.00. The van der Waals surface area contributed by atoms with Gasteiger partial charge in [0, 0.05) is 27.5 Å².